The lowest BCUT2D eigenvalue weighted by atomic mass is 9.76. The molecule has 3 aliphatic rings. The van der Waals surface area contributed by atoms with E-state index in [1.54, 1.807) is 0 Å². The average Bonchev–Trinajstić information content (AvgIpc) is 2.88. The number of carbonyl (C=O) groups is 1. The Balaban J connectivity index is 1.46. The molecule has 2 aliphatic heterocycles. The molecular weight excluding hydrogens is 542 g/mol. The normalized spacial score (nSPS) is 24.8. The van der Waals surface area contributed by atoms with Crippen LogP contribution in [0.2, 0.25) is 0 Å². The first-order chi connectivity index (χ1) is 18.3. The van der Waals surface area contributed by atoms with Crippen molar-refractivity contribution in [2.45, 2.75) is 50.2 Å². The number of carbonyl (C=O) groups excluding carboxylic acids is 1. The van der Waals surface area contributed by atoms with Crippen LogP contribution >= 0.6 is 7.75 Å². The van der Waals surface area contributed by atoms with Gasteiger partial charge in [-0.15, -0.1) is 0 Å². The largest absolute Gasteiger partial charge is 0.490 e. The monoisotopic (exact) mass is 568 g/mol. The Kier molecular flexibility index (Phi) is 7.84. The number of nitro benzene ring substituents is 1. The average molecular weight is 568 g/mol. The van der Waals surface area contributed by atoms with E-state index in [1.165, 1.54) is 44.2 Å². The zero-order chi connectivity index (χ0) is 28.5. The van der Waals surface area contributed by atoms with E-state index < -0.39 is 60.9 Å². The van der Waals surface area contributed by atoms with Crippen LogP contribution in [0.15, 0.2) is 47.2 Å². The van der Waals surface area contributed by atoms with Crippen molar-refractivity contribution in [1.82, 2.24) is 19.6 Å². The van der Waals surface area contributed by atoms with Crippen molar-refractivity contribution in [3.63, 3.8) is 0 Å². The van der Waals surface area contributed by atoms with Gasteiger partial charge in [-0.25, -0.2) is 23.8 Å². The molecule has 1 fully saturated rings. The number of nitrogens with one attached hydrogen (secondary N) is 1. The van der Waals surface area contributed by atoms with Crippen molar-refractivity contribution in [3.8, 4) is 0 Å². The fourth-order valence-electron chi connectivity index (χ4n) is 4.26. The minimum Gasteiger partial charge on any atom is -0.490 e. The number of nitro groups is 1. The fourth-order valence-corrected chi connectivity index (χ4v) is 5.94. The Morgan fingerprint density at radius 2 is 2.10 bits per heavy atom. The molecule has 3 heterocycles. The standard InChI is InChI=1S/C22H26FN6O9P/c1-12(19(30)35-3)27-39(34,38-13(2)14-4-6-15(7-5-14)29(32)33)36-10-16-8-22(23)9-17(37-16)18(22)28-11-25-20(24)26-21(28)31/h4-7,9,11-13,16,18H,8,10H2,1-3H3,(H,27,34)(H2,24,26,31)/t12-,13?,16-,18?,22?,39?/m0/s1. The molecule has 2 aromatic rings. The van der Waals surface area contributed by atoms with Gasteiger partial charge >= 0.3 is 19.4 Å². The molecule has 1 aromatic carbocycles. The quantitative estimate of drug-likeness (QED) is 0.173. The van der Waals surface area contributed by atoms with Gasteiger partial charge in [0.15, 0.2) is 5.67 Å². The second-order valence-corrected chi connectivity index (χ2v) is 10.7. The molecule has 2 bridgehead atoms. The third-order valence-electron chi connectivity index (χ3n) is 6.18. The number of aromatic nitrogens is 3. The van der Waals surface area contributed by atoms with Crippen molar-refractivity contribution in [2.24, 2.45) is 0 Å². The predicted molar refractivity (Wildman–Crippen MR) is 132 cm³/mol. The van der Waals surface area contributed by atoms with Crippen LogP contribution in [-0.4, -0.2) is 57.0 Å². The van der Waals surface area contributed by atoms with Gasteiger partial charge in [-0.3, -0.25) is 28.5 Å². The lowest BCUT2D eigenvalue weighted by molar-refractivity contribution is -0.384. The van der Waals surface area contributed by atoms with Crippen molar-refractivity contribution in [1.29, 1.82) is 0 Å². The Morgan fingerprint density at radius 3 is 2.69 bits per heavy atom. The number of nitrogens with zero attached hydrogens (tertiary/aromatic N) is 4. The molecule has 39 heavy (non-hydrogen) atoms. The number of ether oxygens (including phenoxy) is 2. The number of esters is 1. The van der Waals surface area contributed by atoms with Crippen LogP contribution in [0, 0.1) is 10.1 Å². The zero-order valence-electron chi connectivity index (χ0n) is 21.1. The molecule has 17 heteroatoms. The van der Waals surface area contributed by atoms with Crippen molar-refractivity contribution < 1.29 is 37.2 Å². The third-order valence-corrected chi connectivity index (χ3v) is 7.97. The number of non-ortho nitro benzene ring substituents is 1. The Hall–Kier alpha value is -3.72. The summed E-state index contributed by atoms with van der Waals surface area (Å²) in [5, 5.41) is 13.4. The number of hydrogen-bond donors (Lipinski definition) is 2. The van der Waals surface area contributed by atoms with Crippen molar-refractivity contribution in [2.75, 3.05) is 19.5 Å². The predicted octanol–water partition coefficient (Wildman–Crippen LogP) is 2.12. The maximum atomic E-state index is 15.6. The molecular formula is C22H26FN6O9P. The minimum absolute atomic E-state index is 0.138. The molecule has 0 saturated carbocycles. The summed E-state index contributed by atoms with van der Waals surface area (Å²) in [5.74, 6) is -0.853. The van der Waals surface area contributed by atoms with Gasteiger partial charge in [-0.1, -0.05) is 0 Å². The summed E-state index contributed by atoms with van der Waals surface area (Å²) in [6, 6.07) is 3.17. The van der Waals surface area contributed by atoms with E-state index >= 15 is 4.39 Å². The van der Waals surface area contributed by atoms with Gasteiger partial charge in [0, 0.05) is 18.6 Å². The smallest absolute Gasteiger partial charge is 0.406 e. The molecule has 15 nitrogen and oxygen atoms in total. The first-order valence-electron chi connectivity index (χ1n) is 11.7. The van der Waals surface area contributed by atoms with Crippen LogP contribution < -0.4 is 16.5 Å². The summed E-state index contributed by atoms with van der Waals surface area (Å²) in [4.78, 5) is 41.7. The fraction of sp³-hybridized carbons (Fsp3) is 0.455. The topological polar surface area (TPSA) is 200 Å². The molecule has 0 amide bonds. The highest BCUT2D eigenvalue weighted by atomic mass is 31.2. The summed E-state index contributed by atoms with van der Waals surface area (Å²) in [6.45, 7) is 2.51. The van der Waals surface area contributed by atoms with Gasteiger partial charge in [0.1, 0.15) is 30.3 Å². The van der Waals surface area contributed by atoms with E-state index in [2.05, 4.69) is 19.8 Å². The zero-order valence-corrected chi connectivity index (χ0v) is 21.9. The second kappa shape index (κ2) is 10.8. The van der Waals surface area contributed by atoms with Gasteiger partial charge in [0.2, 0.25) is 5.95 Å². The molecule has 210 valence electrons. The van der Waals surface area contributed by atoms with Crippen LogP contribution in [0.4, 0.5) is 16.0 Å². The number of nitrogen functional groups attached to an aromatic ring is 1. The van der Waals surface area contributed by atoms with Gasteiger partial charge in [0.25, 0.3) is 5.69 Å². The first kappa shape index (κ1) is 28.3. The summed E-state index contributed by atoms with van der Waals surface area (Å²) in [5.41, 5.74) is 2.91. The number of hydrogen-bond acceptors (Lipinski definition) is 12. The van der Waals surface area contributed by atoms with Crippen molar-refractivity contribution >= 4 is 25.4 Å². The summed E-state index contributed by atoms with van der Waals surface area (Å²) >= 11 is 0. The van der Waals surface area contributed by atoms with Crippen LogP contribution in [0.25, 0.3) is 0 Å². The molecule has 1 saturated heterocycles. The molecule has 5 rings (SSSR count). The number of alkyl halides is 1. The number of benzene rings is 1. The van der Waals surface area contributed by atoms with E-state index in [0.717, 1.165) is 18.0 Å². The molecule has 4 unspecified atom stereocenters. The van der Waals surface area contributed by atoms with Crippen LogP contribution in [0.5, 0.6) is 0 Å². The highest BCUT2D eigenvalue weighted by Gasteiger charge is 2.57. The number of allylic oxidation sites excluding steroid dienone is 2. The van der Waals surface area contributed by atoms with Crippen molar-refractivity contribution in [3.05, 3.63) is 68.6 Å². The third kappa shape index (κ3) is 5.98. The Bertz CT molecular complexity index is 1400. The van der Waals surface area contributed by atoms with Gasteiger partial charge in [-0.05, 0) is 37.6 Å². The number of anilines is 1. The van der Waals surface area contributed by atoms with Gasteiger partial charge in [-0.2, -0.15) is 4.98 Å². The molecule has 1 aliphatic carbocycles. The first-order valence-corrected chi connectivity index (χ1v) is 13.2. The number of rotatable bonds is 11. The maximum absolute atomic E-state index is 15.6. The molecule has 1 aromatic heterocycles. The Labute approximate surface area is 220 Å². The van der Waals surface area contributed by atoms with Crippen LogP contribution in [-0.2, 0) is 27.9 Å². The number of nitrogens with two attached hydrogens (primary N) is 1. The summed E-state index contributed by atoms with van der Waals surface area (Å²) in [6.07, 6.45) is 0.227. The summed E-state index contributed by atoms with van der Waals surface area (Å²) in [7, 11) is -3.12. The van der Waals surface area contributed by atoms with E-state index in [4.69, 9.17) is 19.5 Å². The molecule has 0 spiro atoms. The lowest BCUT2D eigenvalue weighted by Crippen LogP contribution is -2.54. The van der Waals surface area contributed by atoms with E-state index in [-0.39, 0.29) is 23.8 Å². The lowest BCUT2D eigenvalue weighted by Gasteiger charge is -2.48. The highest BCUT2D eigenvalue weighted by molar-refractivity contribution is 7.51. The number of halogens is 1. The molecule has 0 radical (unpaired) electrons. The second-order valence-electron chi connectivity index (χ2n) is 8.99. The van der Waals surface area contributed by atoms with Gasteiger partial charge in [0.05, 0.1) is 24.7 Å². The number of fused-ring (bicyclic) bond motifs is 2. The van der Waals surface area contributed by atoms with Crippen LogP contribution in [0.3, 0.4) is 0 Å². The van der Waals surface area contributed by atoms with E-state index in [9.17, 15) is 24.3 Å². The van der Waals surface area contributed by atoms with E-state index in [1.807, 2.05) is 0 Å². The molecule has 3 N–H and O–H groups in total. The number of methoxy groups -OCH3 is 1. The maximum Gasteiger partial charge on any atom is 0.406 e. The molecule has 6 atom stereocenters. The minimum atomic E-state index is -4.27. The highest BCUT2D eigenvalue weighted by Crippen LogP contribution is 2.54. The van der Waals surface area contributed by atoms with Gasteiger partial charge < -0.3 is 15.2 Å². The summed E-state index contributed by atoms with van der Waals surface area (Å²) < 4.78 is 51.9. The Morgan fingerprint density at radius 1 is 1.41 bits per heavy atom. The van der Waals surface area contributed by atoms with E-state index in [0.29, 0.717) is 5.56 Å². The SMILES string of the molecule is COC(=O)[C@H](C)NP(=O)(OC[C@@H]1CC2(F)C=C(O1)C2n1cnc(N)nc1=O)OC(C)c1ccc([N+](=O)[O-])cc1. The van der Waals surface area contributed by atoms with Crippen LogP contribution in [0.1, 0.15) is 38.0 Å².